The lowest BCUT2D eigenvalue weighted by atomic mass is 10.3. The maximum Gasteiger partial charge on any atom is 0.347 e. The normalized spacial score (nSPS) is 12.3. The average molecular weight is 370 g/mol. The van der Waals surface area contributed by atoms with E-state index in [2.05, 4.69) is 13.2 Å². The molecule has 0 saturated carbocycles. The predicted octanol–water partition coefficient (Wildman–Crippen LogP) is 1.87. The first-order valence-electron chi connectivity index (χ1n) is 8.12. The molecular weight excluding hydrogens is 344 g/mol. The quantitative estimate of drug-likeness (QED) is 0.235. The number of rotatable bonds is 11. The number of ether oxygens (including phenoxy) is 4. The molecular formula is C18H26O8. The number of hydrogen-bond donors (Lipinski definition) is 0. The van der Waals surface area contributed by atoms with Crippen LogP contribution in [0.5, 0.6) is 0 Å². The highest BCUT2D eigenvalue weighted by molar-refractivity contribution is 5.89. The zero-order valence-electron chi connectivity index (χ0n) is 15.7. The Morgan fingerprint density at radius 2 is 1.04 bits per heavy atom. The molecule has 0 radical (unpaired) electrons. The zero-order chi connectivity index (χ0) is 20.3. The molecule has 0 aliphatic heterocycles. The fourth-order valence-electron chi connectivity index (χ4n) is 1.40. The lowest BCUT2D eigenvalue weighted by molar-refractivity contribution is -0.165. The van der Waals surface area contributed by atoms with E-state index in [1.54, 1.807) is 0 Å². The fraction of sp³-hybridized carbons (Fsp3) is 0.556. The monoisotopic (exact) mass is 370 g/mol. The maximum atomic E-state index is 11.6. The summed E-state index contributed by atoms with van der Waals surface area (Å²) in [6.45, 7) is 12.8. The van der Waals surface area contributed by atoms with Gasteiger partial charge < -0.3 is 18.9 Å². The van der Waals surface area contributed by atoms with Crippen LogP contribution in [0.4, 0.5) is 0 Å². The van der Waals surface area contributed by atoms with Gasteiger partial charge in [0.2, 0.25) is 0 Å². The first kappa shape index (κ1) is 23.4. The van der Waals surface area contributed by atoms with Gasteiger partial charge in [0.15, 0.2) is 12.2 Å². The Morgan fingerprint density at radius 1 is 0.731 bits per heavy atom. The zero-order valence-corrected chi connectivity index (χ0v) is 15.7. The van der Waals surface area contributed by atoms with Gasteiger partial charge in [-0.15, -0.1) is 0 Å². The van der Waals surface area contributed by atoms with E-state index in [0.717, 1.165) is 0 Å². The largest absolute Gasteiger partial charge is 0.463 e. The smallest absolute Gasteiger partial charge is 0.347 e. The molecule has 0 aromatic heterocycles. The van der Waals surface area contributed by atoms with Gasteiger partial charge in [-0.25, -0.2) is 19.2 Å². The van der Waals surface area contributed by atoms with E-state index in [1.807, 2.05) is 0 Å². The van der Waals surface area contributed by atoms with Crippen LogP contribution >= 0.6 is 0 Å². The Morgan fingerprint density at radius 3 is 1.31 bits per heavy atom. The molecule has 8 heteroatoms. The molecule has 0 rings (SSSR count). The molecule has 0 aliphatic rings. The second kappa shape index (κ2) is 11.8. The van der Waals surface area contributed by atoms with E-state index in [9.17, 15) is 19.2 Å². The van der Waals surface area contributed by atoms with Crippen molar-refractivity contribution in [3.63, 3.8) is 0 Å². The number of esters is 4. The first-order valence-corrected chi connectivity index (χ1v) is 8.12. The topological polar surface area (TPSA) is 105 Å². The highest BCUT2D eigenvalue weighted by atomic mass is 16.6. The number of unbranched alkanes of at least 4 members (excludes halogenated alkanes) is 1. The Bertz CT molecular complexity index is 514. The molecule has 0 aromatic rings. The van der Waals surface area contributed by atoms with Crippen molar-refractivity contribution in [2.45, 2.75) is 52.7 Å². The van der Waals surface area contributed by atoms with Gasteiger partial charge in [-0.05, 0) is 40.5 Å². The molecule has 146 valence electrons. The molecule has 0 heterocycles. The summed E-state index contributed by atoms with van der Waals surface area (Å²) in [5.41, 5.74) is 0.379. The highest BCUT2D eigenvalue weighted by Crippen LogP contribution is 2.03. The molecule has 8 nitrogen and oxygen atoms in total. The third-order valence-electron chi connectivity index (χ3n) is 2.96. The summed E-state index contributed by atoms with van der Waals surface area (Å²) in [6, 6.07) is 0. The van der Waals surface area contributed by atoms with E-state index in [1.165, 1.54) is 27.7 Å². The van der Waals surface area contributed by atoms with Crippen molar-refractivity contribution in [1.29, 1.82) is 0 Å². The van der Waals surface area contributed by atoms with Crippen LogP contribution in [0.3, 0.4) is 0 Å². The summed E-state index contributed by atoms with van der Waals surface area (Å²) in [7, 11) is 0. The van der Waals surface area contributed by atoms with Crippen LogP contribution < -0.4 is 0 Å². The number of carbonyl (C=O) groups excluding carboxylic acids is 4. The molecule has 0 spiro atoms. The minimum Gasteiger partial charge on any atom is -0.463 e. The van der Waals surface area contributed by atoms with Crippen LogP contribution in [-0.2, 0) is 38.1 Å². The Kier molecular flexibility index (Phi) is 10.6. The van der Waals surface area contributed by atoms with Crippen LogP contribution in [0.1, 0.15) is 40.5 Å². The van der Waals surface area contributed by atoms with E-state index < -0.39 is 36.1 Å². The molecule has 2 atom stereocenters. The molecule has 0 fully saturated rings. The Labute approximate surface area is 153 Å². The highest BCUT2D eigenvalue weighted by Gasteiger charge is 2.20. The van der Waals surface area contributed by atoms with Crippen molar-refractivity contribution >= 4 is 23.9 Å². The molecule has 26 heavy (non-hydrogen) atoms. The Hall–Kier alpha value is -2.64. The minimum absolute atomic E-state index is 0.0888. The molecule has 0 amide bonds. The minimum atomic E-state index is -1.03. The van der Waals surface area contributed by atoms with Crippen LogP contribution in [0, 0.1) is 0 Å². The average Bonchev–Trinajstić information content (AvgIpc) is 2.56. The molecule has 0 bridgehead atoms. The van der Waals surface area contributed by atoms with Crippen LogP contribution in [-0.4, -0.2) is 49.3 Å². The molecule has 0 aliphatic carbocycles. The molecule has 0 aromatic carbocycles. The summed E-state index contributed by atoms with van der Waals surface area (Å²) in [5.74, 6) is -2.67. The second-order valence-electron chi connectivity index (χ2n) is 5.70. The van der Waals surface area contributed by atoms with Gasteiger partial charge in [0, 0.05) is 11.1 Å². The third kappa shape index (κ3) is 9.61. The van der Waals surface area contributed by atoms with Gasteiger partial charge in [-0.1, -0.05) is 13.2 Å². The lowest BCUT2D eigenvalue weighted by Gasteiger charge is -2.13. The van der Waals surface area contributed by atoms with Crippen molar-refractivity contribution in [3.8, 4) is 0 Å². The van der Waals surface area contributed by atoms with Gasteiger partial charge in [0.1, 0.15) is 0 Å². The summed E-state index contributed by atoms with van der Waals surface area (Å²) >= 11 is 0. The van der Waals surface area contributed by atoms with Crippen LogP contribution in [0.2, 0.25) is 0 Å². The van der Waals surface area contributed by atoms with E-state index >= 15 is 0 Å². The van der Waals surface area contributed by atoms with Crippen LogP contribution in [0.15, 0.2) is 24.3 Å². The number of carbonyl (C=O) groups is 4. The summed E-state index contributed by atoms with van der Waals surface area (Å²) in [6.07, 6.45) is -1.16. The van der Waals surface area contributed by atoms with Crippen molar-refractivity contribution in [2.75, 3.05) is 13.2 Å². The molecule has 0 saturated heterocycles. The van der Waals surface area contributed by atoms with Gasteiger partial charge in [0.05, 0.1) is 13.2 Å². The predicted molar refractivity (Wildman–Crippen MR) is 91.9 cm³/mol. The van der Waals surface area contributed by atoms with Gasteiger partial charge >= 0.3 is 23.9 Å². The molecule has 2 unspecified atom stereocenters. The number of hydrogen-bond acceptors (Lipinski definition) is 8. The van der Waals surface area contributed by atoms with Crippen molar-refractivity contribution in [1.82, 2.24) is 0 Å². The van der Waals surface area contributed by atoms with E-state index in [0.29, 0.717) is 12.8 Å². The van der Waals surface area contributed by atoms with Crippen molar-refractivity contribution in [3.05, 3.63) is 24.3 Å². The van der Waals surface area contributed by atoms with Gasteiger partial charge in [-0.2, -0.15) is 0 Å². The van der Waals surface area contributed by atoms with Crippen LogP contribution in [0.25, 0.3) is 0 Å². The summed E-state index contributed by atoms with van der Waals surface area (Å²) in [4.78, 5) is 45.8. The SMILES string of the molecule is C=C(C)C(=O)OC(C)C(=O)OCCCCOC(=O)C(C)OC(=O)C(=C)C. The molecule has 0 N–H and O–H groups in total. The third-order valence-corrected chi connectivity index (χ3v) is 2.96. The van der Waals surface area contributed by atoms with Crippen molar-refractivity contribution < 1.29 is 38.1 Å². The van der Waals surface area contributed by atoms with E-state index in [-0.39, 0.29) is 24.4 Å². The first-order chi connectivity index (χ1) is 12.1. The second-order valence-corrected chi connectivity index (χ2v) is 5.70. The lowest BCUT2D eigenvalue weighted by Crippen LogP contribution is -2.27. The van der Waals surface area contributed by atoms with Gasteiger partial charge in [0.25, 0.3) is 0 Å². The van der Waals surface area contributed by atoms with Crippen molar-refractivity contribution in [2.24, 2.45) is 0 Å². The standard InChI is InChI=1S/C18H26O8/c1-11(2)15(19)25-13(5)17(21)23-9-7-8-10-24-18(22)14(6)26-16(20)12(3)4/h13-14H,1,3,7-10H2,2,4-6H3. The van der Waals surface area contributed by atoms with E-state index in [4.69, 9.17) is 18.9 Å². The fourth-order valence-corrected chi connectivity index (χ4v) is 1.40. The van der Waals surface area contributed by atoms with Gasteiger partial charge in [-0.3, -0.25) is 0 Å². The summed E-state index contributed by atoms with van der Waals surface area (Å²) in [5, 5.41) is 0. The maximum absolute atomic E-state index is 11.6. The summed E-state index contributed by atoms with van der Waals surface area (Å²) < 4.78 is 19.6. The Balaban J connectivity index is 3.89.